The average Bonchev–Trinajstić information content (AvgIpc) is 3.56. The highest BCUT2D eigenvalue weighted by molar-refractivity contribution is 5.26. The van der Waals surface area contributed by atoms with Gasteiger partial charge in [0, 0.05) is 12.3 Å². The van der Waals surface area contributed by atoms with E-state index in [1.807, 2.05) is 0 Å². The zero-order valence-corrected chi connectivity index (χ0v) is 30.9. The Hall–Kier alpha value is -0.740. The summed E-state index contributed by atoms with van der Waals surface area (Å²) in [5.74, 6) is 2.96. The van der Waals surface area contributed by atoms with E-state index in [0.717, 1.165) is 38.7 Å². The predicted octanol–water partition coefficient (Wildman–Crippen LogP) is 2.39. The van der Waals surface area contributed by atoms with Gasteiger partial charge in [0.1, 0.15) is 42.7 Å². The summed E-state index contributed by atoms with van der Waals surface area (Å²) in [5.41, 5.74) is 1.72. The van der Waals surface area contributed by atoms with Crippen LogP contribution < -0.4 is 0 Å². The summed E-state index contributed by atoms with van der Waals surface area (Å²) < 4.78 is 37.2. The van der Waals surface area contributed by atoms with Gasteiger partial charge < -0.3 is 59.1 Å². The maximum atomic E-state index is 11.4. The molecule has 12 nitrogen and oxygen atoms in total. The molecule has 3 saturated carbocycles. The zero-order valence-electron chi connectivity index (χ0n) is 30.9. The maximum Gasteiger partial charge on any atom is 0.187 e. The van der Waals surface area contributed by atoms with Crippen LogP contribution >= 0.6 is 0 Å². The summed E-state index contributed by atoms with van der Waals surface area (Å²) in [4.78, 5) is 0. The number of fused-ring (bicyclic) bond motifs is 7. The summed E-state index contributed by atoms with van der Waals surface area (Å²) in [6.07, 6.45) is -1.66. The molecule has 4 heterocycles. The highest BCUT2D eigenvalue weighted by atomic mass is 16.7. The van der Waals surface area contributed by atoms with Crippen LogP contribution in [0.25, 0.3) is 0 Å². The van der Waals surface area contributed by atoms with Gasteiger partial charge in [-0.3, -0.25) is 0 Å². The van der Waals surface area contributed by atoms with Crippen molar-refractivity contribution in [2.45, 2.75) is 172 Å². The van der Waals surface area contributed by atoms with Crippen molar-refractivity contribution < 1.29 is 59.1 Å². The van der Waals surface area contributed by atoms with Gasteiger partial charge in [-0.25, -0.2) is 0 Å². The summed E-state index contributed by atoms with van der Waals surface area (Å²) in [6, 6.07) is 0. The summed E-state index contributed by atoms with van der Waals surface area (Å²) in [6.45, 7) is 11.5. The van der Waals surface area contributed by atoms with Crippen molar-refractivity contribution in [3.05, 3.63) is 11.6 Å². The Morgan fingerprint density at radius 2 is 1.59 bits per heavy atom. The molecule has 4 saturated heterocycles. The van der Waals surface area contributed by atoms with Crippen molar-refractivity contribution in [3.8, 4) is 0 Å². The molecule has 0 aromatic carbocycles. The van der Waals surface area contributed by atoms with E-state index in [9.17, 15) is 30.6 Å². The van der Waals surface area contributed by atoms with Crippen LogP contribution in [0.3, 0.4) is 0 Å². The molecule has 0 amide bonds. The Balaban J connectivity index is 0.939. The third kappa shape index (κ3) is 5.84. The van der Waals surface area contributed by atoms with Crippen LogP contribution in [0.1, 0.15) is 92.4 Å². The molecule has 0 bridgehead atoms. The second kappa shape index (κ2) is 13.5. The van der Waals surface area contributed by atoms with Gasteiger partial charge in [-0.2, -0.15) is 0 Å². The third-order valence-corrected chi connectivity index (χ3v) is 15.6. The van der Waals surface area contributed by atoms with Crippen LogP contribution in [0, 0.1) is 46.3 Å². The van der Waals surface area contributed by atoms with Crippen molar-refractivity contribution in [1.82, 2.24) is 0 Å². The van der Waals surface area contributed by atoms with Crippen LogP contribution in [-0.4, -0.2) is 123 Å². The Labute approximate surface area is 301 Å². The monoisotopic (exact) mass is 722 g/mol. The molecule has 7 fully saturated rings. The Morgan fingerprint density at radius 3 is 2.31 bits per heavy atom. The van der Waals surface area contributed by atoms with E-state index in [1.54, 1.807) is 0 Å². The van der Waals surface area contributed by atoms with Gasteiger partial charge in [0.25, 0.3) is 0 Å². The predicted molar refractivity (Wildman–Crippen MR) is 182 cm³/mol. The number of hydrogen-bond acceptors (Lipinski definition) is 12. The molecule has 8 rings (SSSR count). The van der Waals surface area contributed by atoms with E-state index < -0.39 is 73.8 Å². The molecule has 0 aromatic heterocycles. The van der Waals surface area contributed by atoms with E-state index in [0.29, 0.717) is 41.9 Å². The number of ether oxygens (including phenoxy) is 6. The lowest BCUT2D eigenvalue weighted by Crippen LogP contribution is -2.64. The highest BCUT2D eigenvalue weighted by Gasteiger charge is 2.68. The lowest BCUT2D eigenvalue weighted by Gasteiger charge is -2.58. The molecule has 12 heteroatoms. The van der Waals surface area contributed by atoms with Crippen molar-refractivity contribution in [1.29, 1.82) is 0 Å². The summed E-state index contributed by atoms with van der Waals surface area (Å²) in [7, 11) is 0. The number of hydrogen-bond donors (Lipinski definition) is 6. The second-order valence-electron chi connectivity index (χ2n) is 18.3. The first kappa shape index (κ1) is 37.2. The van der Waals surface area contributed by atoms with Gasteiger partial charge in [0.15, 0.2) is 18.4 Å². The fraction of sp³-hybridized carbons (Fsp3) is 0.949. The van der Waals surface area contributed by atoms with Crippen LogP contribution in [0.2, 0.25) is 0 Å². The molecule has 4 aliphatic heterocycles. The smallest absolute Gasteiger partial charge is 0.187 e. The molecule has 0 radical (unpaired) electrons. The SMILES string of the molecule is C[C@H]1CC[C@]2(OC1)O[C@H]1C[C@H]3[C@@H]4CC=C5C[C@@H](O[C@@H]6O[C@H](CO)[C@@H](O)[C@H](O[C@@H]7O[C@@H](C)[C@H](O)[C@@H](O)[C@H]7O)[C@H]6O)CC[C@]5(C)[C@H]4CC[C@]3(C)[C@H]1[C@H]2C. The summed E-state index contributed by atoms with van der Waals surface area (Å²) in [5, 5.41) is 63.2. The van der Waals surface area contributed by atoms with Crippen molar-refractivity contribution >= 4 is 0 Å². The quantitative estimate of drug-likeness (QED) is 0.229. The molecule has 51 heavy (non-hydrogen) atoms. The molecule has 0 aromatic rings. The molecule has 4 aliphatic carbocycles. The first-order chi connectivity index (χ1) is 24.2. The largest absolute Gasteiger partial charge is 0.394 e. The molecule has 8 aliphatic rings. The zero-order chi connectivity index (χ0) is 36.2. The van der Waals surface area contributed by atoms with Gasteiger partial charge in [-0.15, -0.1) is 0 Å². The third-order valence-electron chi connectivity index (χ3n) is 15.6. The molecule has 290 valence electrons. The van der Waals surface area contributed by atoms with Gasteiger partial charge in [-0.1, -0.05) is 39.3 Å². The fourth-order valence-electron chi connectivity index (χ4n) is 12.6. The van der Waals surface area contributed by atoms with E-state index in [1.165, 1.54) is 31.8 Å². The van der Waals surface area contributed by atoms with Crippen molar-refractivity contribution in [2.75, 3.05) is 13.2 Å². The molecular weight excluding hydrogens is 660 g/mol. The van der Waals surface area contributed by atoms with E-state index in [4.69, 9.17) is 28.4 Å². The first-order valence-corrected chi connectivity index (χ1v) is 19.8. The number of aliphatic hydroxyl groups excluding tert-OH is 6. The highest BCUT2D eigenvalue weighted by Crippen LogP contribution is 2.70. The fourth-order valence-corrected chi connectivity index (χ4v) is 12.6. The molecule has 0 unspecified atom stereocenters. The van der Waals surface area contributed by atoms with Gasteiger partial charge >= 0.3 is 0 Å². The van der Waals surface area contributed by atoms with E-state index in [-0.39, 0.29) is 23.0 Å². The second-order valence-corrected chi connectivity index (χ2v) is 18.3. The first-order valence-electron chi connectivity index (χ1n) is 19.8. The molecule has 21 atom stereocenters. The minimum atomic E-state index is -1.62. The van der Waals surface area contributed by atoms with Crippen LogP contribution in [0.5, 0.6) is 0 Å². The number of rotatable bonds is 5. The minimum Gasteiger partial charge on any atom is -0.394 e. The lowest BCUT2D eigenvalue weighted by molar-refractivity contribution is -0.361. The van der Waals surface area contributed by atoms with Crippen LogP contribution in [-0.2, 0) is 28.4 Å². The van der Waals surface area contributed by atoms with Crippen LogP contribution in [0.15, 0.2) is 11.6 Å². The Bertz CT molecular complexity index is 1300. The van der Waals surface area contributed by atoms with Crippen molar-refractivity contribution in [2.24, 2.45) is 46.3 Å². The summed E-state index contributed by atoms with van der Waals surface area (Å²) >= 11 is 0. The molecular formula is C39H62O12. The van der Waals surface area contributed by atoms with Crippen LogP contribution in [0.4, 0.5) is 0 Å². The van der Waals surface area contributed by atoms with E-state index >= 15 is 0 Å². The van der Waals surface area contributed by atoms with Gasteiger partial charge in [0.2, 0.25) is 0 Å². The number of allylic oxidation sites excluding steroid dienone is 1. The Kier molecular flexibility index (Phi) is 9.83. The van der Waals surface area contributed by atoms with Gasteiger partial charge in [0.05, 0.1) is 31.5 Å². The lowest BCUT2D eigenvalue weighted by atomic mass is 9.47. The Morgan fingerprint density at radius 1 is 0.824 bits per heavy atom. The minimum absolute atomic E-state index is 0.0657. The average molecular weight is 723 g/mol. The normalized spacial score (nSPS) is 58.4. The molecule has 6 N–H and O–H groups in total. The number of aliphatic hydroxyl groups is 6. The maximum absolute atomic E-state index is 11.4. The van der Waals surface area contributed by atoms with Gasteiger partial charge in [-0.05, 0) is 98.7 Å². The molecule has 1 spiro atoms. The van der Waals surface area contributed by atoms with Crippen molar-refractivity contribution in [3.63, 3.8) is 0 Å². The standard InChI is InChI=1S/C39H62O12/c1-18-8-13-39(46-17-18)19(2)28-26(51-39)15-25-23-7-6-21-14-22(9-11-37(21,4)24(23)10-12-38(25,28)5)48-36-33(45)34(30(42)27(16-40)49-36)50-35-32(44)31(43)29(41)20(3)47-35/h6,18-20,22-36,40-45H,7-17H2,1-5H3/t18-,19+,20-,22-,23+,24-,25-,26-,27+,28-,29-,30+,31+,32+,33+,34-,35-,36+,37-,38-,39-/m0/s1. The van der Waals surface area contributed by atoms with E-state index in [2.05, 4.69) is 33.8 Å². The topological polar surface area (TPSA) is 177 Å².